The molecule has 2 rings (SSSR count). The number of nitrogens with one attached hydrogen (secondary N) is 1. The molecule has 2 aromatic rings. The minimum atomic E-state index is -0.301. The number of benzene rings is 2. The standard InChI is InChI=1S/C17H16ClFN2OS/c1-12(13-2-6-15(19)7-3-13)20-21-17(22)10-11-23-16-8-4-14(18)5-9-16/h2-9H,10-11H2,1H3,(H,21,22)/b20-12-. The van der Waals surface area contributed by atoms with Crippen molar-refractivity contribution in [2.45, 2.75) is 18.2 Å². The highest BCUT2D eigenvalue weighted by Gasteiger charge is 2.03. The van der Waals surface area contributed by atoms with E-state index in [0.717, 1.165) is 10.5 Å². The number of carbonyl (C=O) groups is 1. The van der Waals surface area contributed by atoms with Gasteiger partial charge in [0, 0.05) is 22.1 Å². The summed E-state index contributed by atoms with van der Waals surface area (Å²) in [5.41, 5.74) is 3.91. The zero-order valence-corrected chi connectivity index (χ0v) is 14.1. The van der Waals surface area contributed by atoms with E-state index in [1.54, 1.807) is 30.8 Å². The molecule has 1 amide bonds. The van der Waals surface area contributed by atoms with Crippen LogP contribution in [0.5, 0.6) is 0 Å². The molecule has 0 atom stereocenters. The van der Waals surface area contributed by atoms with Crippen molar-refractivity contribution in [3.05, 3.63) is 64.9 Å². The third kappa shape index (κ3) is 6.04. The van der Waals surface area contributed by atoms with Gasteiger partial charge in [-0.2, -0.15) is 5.10 Å². The van der Waals surface area contributed by atoms with Crippen LogP contribution in [0.1, 0.15) is 18.9 Å². The summed E-state index contributed by atoms with van der Waals surface area (Å²) in [6.45, 7) is 1.76. The van der Waals surface area contributed by atoms with Crippen LogP contribution in [0.2, 0.25) is 5.02 Å². The van der Waals surface area contributed by atoms with Gasteiger partial charge in [-0.25, -0.2) is 9.82 Å². The zero-order valence-electron chi connectivity index (χ0n) is 12.6. The van der Waals surface area contributed by atoms with Crippen LogP contribution in [0.15, 0.2) is 58.5 Å². The van der Waals surface area contributed by atoms with Crippen molar-refractivity contribution >= 4 is 35.0 Å². The largest absolute Gasteiger partial charge is 0.273 e. The first-order valence-corrected chi connectivity index (χ1v) is 8.38. The van der Waals surface area contributed by atoms with E-state index < -0.39 is 0 Å². The zero-order chi connectivity index (χ0) is 16.7. The first kappa shape index (κ1) is 17.5. The molecule has 2 aromatic carbocycles. The molecule has 3 nitrogen and oxygen atoms in total. The van der Waals surface area contributed by atoms with Crippen LogP contribution in [0.3, 0.4) is 0 Å². The van der Waals surface area contributed by atoms with Gasteiger partial charge in [0.25, 0.3) is 0 Å². The average molecular weight is 351 g/mol. The van der Waals surface area contributed by atoms with Gasteiger partial charge in [-0.05, 0) is 48.9 Å². The van der Waals surface area contributed by atoms with Crippen LogP contribution in [0.25, 0.3) is 0 Å². The molecule has 0 saturated heterocycles. The van der Waals surface area contributed by atoms with Gasteiger partial charge in [0.1, 0.15) is 5.82 Å². The average Bonchev–Trinajstić information content (AvgIpc) is 2.55. The van der Waals surface area contributed by atoms with E-state index in [1.807, 2.05) is 24.3 Å². The van der Waals surface area contributed by atoms with E-state index in [2.05, 4.69) is 10.5 Å². The number of hydrogen-bond acceptors (Lipinski definition) is 3. The Labute approximate surface area is 143 Å². The Bertz CT molecular complexity index is 687. The monoisotopic (exact) mass is 350 g/mol. The van der Waals surface area contributed by atoms with Crippen molar-refractivity contribution in [1.29, 1.82) is 0 Å². The number of thioether (sulfide) groups is 1. The minimum absolute atomic E-state index is 0.159. The van der Waals surface area contributed by atoms with Gasteiger partial charge in [-0.3, -0.25) is 4.79 Å². The van der Waals surface area contributed by atoms with E-state index >= 15 is 0 Å². The third-order valence-electron chi connectivity index (χ3n) is 3.02. The van der Waals surface area contributed by atoms with Crippen LogP contribution < -0.4 is 5.43 Å². The molecule has 0 fully saturated rings. The van der Waals surface area contributed by atoms with Gasteiger partial charge in [-0.15, -0.1) is 11.8 Å². The first-order chi connectivity index (χ1) is 11.0. The molecule has 0 aliphatic carbocycles. The highest BCUT2D eigenvalue weighted by Crippen LogP contribution is 2.20. The number of hydrogen-bond donors (Lipinski definition) is 1. The lowest BCUT2D eigenvalue weighted by molar-refractivity contribution is -0.120. The number of nitrogens with zero attached hydrogens (tertiary/aromatic N) is 1. The topological polar surface area (TPSA) is 41.5 Å². The molecule has 120 valence electrons. The predicted molar refractivity (Wildman–Crippen MR) is 93.5 cm³/mol. The van der Waals surface area contributed by atoms with Gasteiger partial charge in [0.05, 0.1) is 5.71 Å². The van der Waals surface area contributed by atoms with Crippen LogP contribution >= 0.6 is 23.4 Å². The summed E-state index contributed by atoms with van der Waals surface area (Å²) in [5, 5.41) is 4.72. The second kappa shape index (κ2) is 8.70. The SMILES string of the molecule is C/C(=N/NC(=O)CCSc1ccc(Cl)cc1)c1ccc(F)cc1. The number of hydrazone groups is 1. The molecule has 0 aliphatic rings. The van der Waals surface area contributed by atoms with E-state index in [1.165, 1.54) is 12.1 Å². The van der Waals surface area contributed by atoms with Crippen molar-refractivity contribution in [3.63, 3.8) is 0 Å². The second-order valence-electron chi connectivity index (χ2n) is 4.79. The molecule has 0 aromatic heterocycles. The lowest BCUT2D eigenvalue weighted by atomic mass is 10.1. The summed E-state index contributed by atoms with van der Waals surface area (Å²) in [7, 11) is 0. The Kier molecular flexibility index (Phi) is 6.62. The highest BCUT2D eigenvalue weighted by molar-refractivity contribution is 7.99. The maximum Gasteiger partial charge on any atom is 0.240 e. The van der Waals surface area contributed by atoms with Crippen LogP contribution in [-0.4, -0.2) is 17.4 Å². The summed E-state index contributed by atoms with van der Waals surface area (Å²) in [6.07, 6.45) is 0.355. The molecule has 0 aliphatic heterocycles. The maximum atomic E-state index is 12.8. The van der Waals surface area contributed by atoms with Crippen molar-refractivity contribution in [2.24, 2.45) is 5.10 Å². The number of carbonyl (C=O) groups excluding carboxylic acids is 1. The fourth-order valence-corrected chi connectivity index (χ4v) is 2.73. The molecule has 0 unspecified atom stereocenters. The van der Waals surface area contributed by atoms with Gasteiger partial charge in [0.2, 0.25) is 5.91 Å². The summed E-state index contributed by atoms with van der Waals surface area (Å²) >= 11 is 7.40. The van der Waals surface area contributed by atoms with Gasteiger partial charge >= 0.3 is 0 Å². The van der Waals surface area contributed by atoms with E-state index in [9.17, 15) is 9.18 Å². The fraction of sp³-hybridized carbons (Fsp3) is 0.176. The normalized spacial score (nSPS) is 11.3. The van der Waals surface area contributed by atoms with Crippen molar-refractivity contribution in [2.75, 3.05) is 5.75 Å². The van der Waals surface area contributed by atoms with Gasteiger partial charge in [-0.1, -0.05) is 23.7 Å². The molecule has 0 bridgehead atoms. The van der Waals surface area contributed by atoms with E-state index in [4.69, 9.17) is 11.6 Å². The maximum absolute atomic E-state index is 12.8. The molecule has 23 heavy (non-hydrogen) atoms. The molecule has 0 heterocycles. The summed E-state index contributed by atoms with van der Waals surface area (Å²) < 4.78 is 12.8. The van der Waals surface area contributed by atoms with Crippen LogP contribution in [0.4, 0.5) is 4.39 Å². The molecule has 0 radical (unpaired) electrons. The van der Waals surface area contributed by atoms with E-state index in [0.29, 0.717) is 22.9 Å². The minimum Gasteiger partial charge on any atom is -0.273 e. The fourth-order valence-electron chi connectivity index (χ4n) is 1.75. The van der Waals surface area contributed by atoms with Crippen molar-refractivity contribution in [1.82, 2.24) is 5.43 Å². The van der Waals surface area contributed by atoms with Crippen LogP contribution in [0, 0.1) is 5.82 Å². The van der Waals surface area contributed by atoms with Crippen molar-refractivity contribution < 1.29 is 9.18 Å². The molecular formula is C17H16ClFN2OS. The first-order valence-electron chi connectivity index (χ1n) is 7.02. The molecule has 6 heteroatoms. The van der Waals surface area contributed by atoms with Crippen molar-refractivity contribution in [3.8, 4) is 0 Å². The lowest BCUT2D eigenvalue weighted by Gasteiger charge is -2.04. The van der Waals surface area contributed by atoms with Gasteiger partial charge in [0.15, 0.2) is 0 Å². The smallest absolute Gasteiger partial charge is 0.240 e. The third-order valence-corrected chi connectivity index (χ3v) is 4.29. The molecular weight excluding hydrogens is 335 g/mol. The highest BCUT2D eigenvalue weighted by atomic mass is 35.5. The van der Waals surface area contributed by atoms with E-state index in [-0.39, 0.29) is 11.7 Å². The second-order valence-corrected chi connectivity index (χ2v) is 6.40. The quantitative estimate of drug-likeness (QED) is 0.473. The Morgan fingerprint density at radius 1 is 1.17 bits per heavy atom. The number of halogens is 2. The lowest BCUT2D eigenvalue weighted by Crippen LogP contribution is -2.19. The Morgan fingerprint density at radius 2 is 1.83 bits per heavy atom. The Morgan fingerprint density at radius 3 is 2.48 bits per heavy atom. The number of amides is 1. The number of rotatable bonds is 6. The molecule has 0 saturated carbocycles. The Balaban J connectivity index is 1.77. The molecule has 1 N–H and O–H groups in total. The Hall–Kier alpha value is -1.85. The predicted octanol–water partition coefficient (Wildman–Crippen LogP) is 4.50. The summed E-state index contributed by atoms with van der Waals surface area (Å²) in [5.74, 6) is 0.191. The summed E-state index contributed by atoms with van der Waals surface area (Å²) in [4.78, 5) is 12.8. The van der Waals surface area contributed by atoms with Crippen LogP contribution in [-0.2, 0) is 4.79 Å². The van der Waals surface area contributed by atoms with Gasteiger partial charge < -0.3 is 0 Å². The molecule has 0 spiro atoms. The summed E-state index contributed by atoms with van der Waals surface area (Å²) in [6, 6.07) is 13.4.